The molecule has 0 spiro atoms. The maximum Gasteiger partial charge on any atom is 0.414 e. The van der Waals surface area contributed by atoms with Crippen molar-refractivity contribution in [2.24, 2.45) is 0 Å². The van der Waals surface area contributed by atoms with Crippen molar-refractivity contribution in [2.75, 3.05) is 13.1 Å². The summed E-state index contributed by atoms with van der Waals surface area (Å²) in [5.41, 5.74) is 0.555. The van der Waals surface area contributed by atoms with Gasteiger partial charge in [0.25, 0.3) is 0 Å². The van der Waals surface area contributed by atoms with Crippen LogP contribution in [0.2, 0.25) is 0 Å². The molecule has 4 N–H and O–H groups in total. The molecule has 0 saturated carbocycles. The van der Waals surface area contributed by atoms with E-state index in [1.54, 1.807) is 24.3 Å². The number of rotatable bonds is 6. The van der Waals surface area contributed by atoms with E-state index >= 15 is 0 Å². The fourth-order valence-corrected chi connectivity index (χ4v) is 1.20. The molecule has 0 heterocycles. The van der Waals surface area contributed by atoms with E-state index in [1.807, 2.05) is 0 Å². The Morgan fingerprint density at radius 3 is 2.27 bits per heavy atom. The fraction of sp³-hybridized carbons (Fsp3) is 0.214. The minimum Gasteiger partial charge on any atom is -0.473 e. The molecule has 0 fully saturated rings. The molecule has 0 aromatic heterocycles. The van der Waals surface area contributed by atoms with E-state index in [0.717, 1.165) is 0 Å². The zero-order valence-corrected chi connectivity index (χ0v) is 11.7. The van der Waals surface area contributed by atoms with Crippen LogP contribution in [0.15, 0.2) is 36.9 Å². The Balaban J connectivity index is 0.000000626. The monoisotopic (exact) mass is 312 g/mol. The van der Waals surface area contributed by atoms with Gasteiger partial charge in [0.05, 0.1) is 6.54 Å². The predicted octanol–water partition coefficient (Wildman–Crippen LogP) is 0.373. The first-order valence-electron chi connectivity index (χ1n) is 6.16. The smallest absolute Gasteiger partial charge is 0.414 e. The summed E-state index contributed by atoms with van der Waals surface area (Å²) < 4.78 is 13.2. The molecule has 1 rings (SSSR count). The summed E-state index contributed by atoms with van der Waals surface area (Å²) >= 11 is 0. The van der Waals surface area contributed by atoms with E-state index < -0.39 is 11.9 Å². The highest BCUT2D eigenvalue weighted by molar-refractivity contribution is 6.27. The summed E-state index contributed by atoms with van der Waals surface area (Å²) in [5.74, 6) is -4.04. The molecule has 0 atom stereocenters. The largest absolute Gasteiger partial charge is 0.473 e. The van der Waals surface area contributed by atoms with Gasteiger partial charge in [-0.15, -0.1) is 6.58 Å². The first kappa shape index (κ1) is 19.3. The molecule has 0 saturated heterocycles. The first-order valence-corrected chi connectivity index (χ1v) is 6.16. The first-order chi connectivity index (χ1) is 10.4. The summed E-state index contributed by atoms with van der Waals surface area (Å²) in [6.45, 7) is 4.44. The number of carbonyl (C=O) groups excluding carboxylic acids is 1. The van der Waals surface area contributed by atoms with Gasteiger partial charge in [-0.1, -0.05) is 24.3 Å². The number of hydrogen-bond acceptors (Lipinski definition) is 4. The van der Waals surface area contributed by atoms with E-state index in [1.165, 1.54) is 6.07 Å². The number of benzene rings is 1. The molecule has 120 valence electrons. The second-order valence-corrected chi connectivity index (χ2v) is 3.90. The Bertz CT molecular complexity index is 522. The Morgan fingerprint density at radius 1 is 1.18 bits per heavy atom. The summed E-state index contributed by atoms with van der Waals surface area (Å²) in [4.78, 5) is 29.4. The van der Waals surface area contributed by atoms with Crippen LogP contribution in [0, 0.1) is 5.82 Å². The van der Waals surface area contributed by atoms with Crippen LogP contribution in [0.5, 0.6) is 0 Å². The van der Waals surface area contributed by atoms with E-state index in [0.29, 0.717) is 18.7 Å². The van der Waals surface area contributed by atoms with Crippen LogP contribution in [0.1, 0.15) is 5.56 Å². The van der Waals surface area contributed by atoms with Gasteiger partial charge in [-0.25, -0.2) is 14.0 Å². The van der Waals surface area contributed by atoms with Crippen LogP contribution in [0.3, 0.4) is 0 Å². The van der Waals surface area contributed by atoms with Gasteiger partial charge >= 0.3 is 11.9 Å². The number of aliphatic carboxylic acids is 2. The Kier molecular flexibility index (Phi) is 9.61. The molecular weight excluding hydrogens is 295 g/mol. The minimum absolute atomic E-state index is 0.128. The minimum atomic E-state index is -1.82. The lowest BCUT2D eigenvalue weighted by molar-refractivity contribution is -0.159. The topological polar surface area (TPSA) is 116 Å². The zero-order chi connectivity index (χ0) is 17.0. The third-order valence-electron chi connectivity index (χ3n) is 2.19. The molecule has 0 radical (unpaired) electrons. The Morgan fingerprint density at radius 2 is 1.77 bits per heavy atom. The Hall–Kier alpha value is -2.74. The number of carbonyl (C=O) groups is 3. The van der Waals surface area contributed by atoms with Crippen molar-refractivity contribution in [3.05, 3.63) is 48.3 Å². The maximum absolute atomic E-state index is 13.2. The molecule has 0 aliphatic heterocycles. The third-order valence-corrected chi connectivity index (χ3v) is 2.19. The molecule has 1 aromatic carbocycles. The molecular formula is C14H17FN2O5. The molecule has 1 amide bonds. The lowest BCUT2D eigenvalue weighted by Crippen LogP contribution is -2.33. The van der Waals surface area contributed by atoms with Crippen LogP contribution < -0.4 is 10.6 Å². The average Bonchev–Trinajstić information content (AvgIpc) is 2.47. The molecule has 8 heteroatoms. The summed E-state index contributed by atoms with van der Waals surface area (Å²) in [5, 5.41) is 20.3. The summed E-state index contributed by atoms with van der Waals surface area (Å²) in [6, 6.07) is 6.48. The molecule has 22 heavy (non-hydrogen) atoms. The van der Waals surface area contributed by atoms with Crippen molar-refractivity contribution in [3.63, 3.8) is 0 Å². The van der Waals surface area contributed by atoms with E-state index in [-0.39, 0.29) is 18.3 Å². The van der Waals surface area contributed by atoms with Crippen LogP contribution >= 0.6 is 0 Å². The summed E-state index contributed by atoms with van der Waals surface area (Å²) in [7, 11) is 0. The number of carboxylic acids is 2. The number of amides is 1. The second-order valence-electron chi connectivity index (χ2n) is 3.90. The predicted molar refractivity (Wildman–Crippen MR) is 76.6 cm³/mol. The van der Waals surface area contributed by atoms with Gasteiger partial charge in [0.1, 0.15) is 5.82 Å². The van der Waals surface area contributed by atoms with Crippen molar-refractivity contribution in [1.82, 2.24) is 10.6 Å². The van der Waals surface area contributed by atoms with Gasteiger partial charge in [-0.3, -0.25) is 4.79 Å². The second kappa shape index (κ2) is 11.0. The van der Waals surface area contributed by atoms with Crippen molar-refractivity contribution in [1.29, 1.82) is 0 Å². The molecule has 7 nitrogen and oxygen atoms in total. The standard InChI is InChI=1S/C12H15FN2O.C2H2O4/c1-2-7-15-12(16)9-14-8-10-5-3-4-6-11(10)13;3-1(4)2(5)6/h2-6,14H,1,7-9H2,(H,15,16);(H,3,4)(H,5,6). The average molecular weight is 312 g/mol. The number of hydrogen-bond donors (Lipinski definition) is 4. The number of carboxylic acid groups (broad SMARTS) is 2. The number of nitrogens with one attached hydrogen (secondary N) is 2. The highest BCUT2D eigenvalue weighted by Gasteiger charge is 2.04. The van der Waals surface area contributed by atoms with Gasteiger partial charge in [0.15, 0.2) is 0 Å². The van der Waals surface area contributed by atoms with Gasteiger partial charge in [0.2, 0.25) is 5.91 Å². The number of halogens is 1. The molecule has 0 aliphatic carbocycles. The molecule has 0 aliphatic rings. The van der Waals surface area contributed by atoms with Gasteiger partial charge in [0, 0.05) is 18.7 Å². The van der Waals surface area contributed by atoms with Gasteiger partial charge in [-0.2, -0.15) is 0 Å². The molecule has 0 bridgehead atoms. The normalized spacial score (nSPS) is 9.14. The van der Waals surface area contributed by atoms with Crippen LogP contribution in [-0.2, 0) is 20.9 Å². The van der Waals surface area contributed by atoms with E-state index in [9.17, 15) is 9.18 Å². The zero-order valence-electron chi connectivity index (χ0n) is 11.7. The van der Waals surface area contributed by atoms with Gasteiger partial charge < -0.3 is 20.8 Å². The van der Waals surface area contributed by atoms with Crippen molar-refractivity contribution < 1.29 is 29.0 Å². The van der Waals surface area contributed by atoms with E-state index in [2.05, 4.69) is 17.2 Å². The SMILES string of the molecule is C=CCNC(=O)CNCc1ccccc1F.O=C(O)C(=O)O. The highest BCUT2D eigenvalue weighted by atomic mass is 19.1. The van der Waals surface area contributed by atoms with Crippen molar-refractivity contribution in [3.8, 4) is 0 Å². The highest BCUT2D eigenvalue weighted by Crippen LogP contribution is 2.04. The Labute approximate surface area is 126 Å². The quantitative estimate of drug-likeness (QED) is 0.446. The van der Waals surface area contributed by atoms with Crippen molar-refractivity contribution >= 4 is 17.8 Å². The van der Waals surface area contributed by atoms with Crippen molar-refractivity contribution in [2.45, 2.75) is 6.54 Å². The molecule has 0 unspecified atom stereocenters. The van der Waals surface area contributed by atoms with Crippen LogP contribution in [0.25, 0.3) is 0 Å². The fourth-order valence-electron chi connectivity index (χ4n) is 1.20. The molecule has 1 aromatic rings. The third kappa shape index (κ3) is 9.21. The maximum atomic E-state index is 13.2. The van der Waals surface area contributed by atoms with Gasteiger partial charge in [-0.05, 0) is 6.07 Å². The lowest BCUT2D eigenvalue weighted by Gasteiger charge is -2.05. The van der Waals surface area contributed by atoms with Crippen LogP contribution in [-0.4, -0.2) is 41.1 Å². The van der Waals surface area contributed by atoms with E-state index in [4.69, 9.17) is 19.8 Å². The summed E-state index contributed by atoms with van der Waals surface area (Å²) in [6.07, 6.45) is 1.61. The van der Waals surface area contributed by atoms with Crippen LogP contribution in [0.4, 0.5) is 4.39 Å². The lowest BCUT2D eigenvalue weighted by atomic mass is 10.2.